The van der Waals surface area contributed by atoms with Crippen molar-refractivity contribution >= 4 is 35.6 Å². The fourth-order valence-electron chi connectivity index (χ4n) is 2.62. The normalized spacial score (nSPS) is 16.9. The molecule has 7 heteroatoms. The van der Waals surface area contributed by atoms with Crippen LogP contribution in [-0.4, -0.2) is 59.1 Å². The zero-order chi connectivity index (χ0) is 17.9. The van der Waals surface area contributed by atoms with E-state index >= 15 is 0 Å². The summed E-state index contributed by atoms with van der Waals surface area (Å²) < 4.78 is 11.1. The molecule has 0 spiro atoms. The van der Waals surface area contributed by atoms with Crippen LogP contribution in [0.1, 0.15) is 25.3 Å². The minimum Gasteiger partial charge on any atom is -0.379 e. The predicted octanol–water partition coefficient (Wildman–Crippen LogP) is 2.62. The van der Waals surface area contributed by atoms with Crippen LogP contribution in [0.4, 0.5) is 5.69 Å². The molecule has 2 rings (SSSR count). The van der Waals surface area contributed by atoms with E-state index in [0.29, 0.717) is 6.54 Å². The maximum Gasteiger partial charge on any atom is 0.191 e. The molecular weight excluding hydrogens is 443 g/mol. The summed E-state index contributed by atoms with van der Waals surface area (Å²) in [6, 6.07) is 8.46. The molecule has 1 saturated heterocycles. The minimum absolute atomic E-state index is 0. The summed E-state index contributed by atoms with van der Waals surface area (Å²) in [6.07, 6.45) is 2.26. The Kier molecular flexibility index (Phi) is 11.6. The van der Waals surface area contributed by atoms with E-state index in [-0.39, 0.29) is 30.1 Å². The van der Waals surface area contributed by atoms with E-state index in [2.05, 4.69) is 51.7 Å². The van der Waals surface area contributed by atoms with E-state index in [9.17, 15) is 0 Å². The Morgan fingerprint density at radius 3 is 2.88 bits per heavy atom. The SMILES string of the molecule is CCNC(=NCc1cccc(N(C)C)c1)NCCCOC1CCOC1.I. The fourth-order valence-corrected chi connectivity index (χ4v) is 2.62. The van der Waals surface area contributed by atoms with Crippen molar-refractivity contribution in [1.29, 1.82) is 0 Å². The van der Waals surface area contributed by atoms with Crippen LogP contribution in [0.15, 0.2) is 29.3 Å². The van der Waals surface area contributed by atoms with Crippen molar-refractivity contribution in [3.05, 3.63) is 29.8 Å². The average Bonchev–Trinajstić information content (AvgIpc) is 3.13. The maximum atomic E-state index is 5.78. The van der Waals surface area contributed by atoms with E-state index in [1.807, 2.05) is 14.1 Å². The molecule has 1 aromatic carbocycles. The Labute approximate surface area is 174 Å². The first kappa shape index (κ1) is 23.0. The van der Waals surface area contributed by atoms with Gasteiger partial charge in [-0.25, -0.2) is 4.99 Å². The van der Waals surface area contributed by atoms with Gasteiger partial charge in [0.25, 0.3) is 0 Å². The molecule has 0 radical (unpaired) electrons. The highest BCUT2D eigenvalue weighted by atomic mass is 127. The van der Waals surface area contributed by atoms with Gasteiger partial charge in [0.15, 0.2) is 5.96 Å². The molecule has 0 aliphatic carbocycles. The Bertz CT molecular complexity index is 534. The number of guanidine groups is 1. The molecule has 1 aliphatic heterocycles. The number of aliphatic imine (C=N–C) groups is 1. The van der Waals surface area contributed by atoms with Gasteiger partial charge in [0.05, 0.1) is 19.3 Å². The van der Waals surface area contributed by atoms with Crippen LogP contribution in [-0.2, 0) is 16.0 Å². The molecule has 0 bridgehead atoms. The molecule has 1 fully saturated rings. The van der Waals surface area contributed by atoms with Gasteiger partial charge in [0.1, 0.15) is 0 Å². The number of hydrogen-bond donors (Lipinski definition) is 2. The molecule has 1 aromatic rings. The van der Waals surface area contributed by atoms with Crippen LogP contribution >= 0.6 is 24.0 Å². The number of nitrogens with one attached hydrogen (secondary N) is 2. The molecule has 1 unspecified atom stereocenters. The van der Waals surface area contributed by atoms with Gasteiger partial charge in [0.2, 0.25) is 0 Å². The lowest BCUT2D eigenvalue weighted by molar-refractivity contribution is 0.0420. The number of anilines is 1. The van der Waals surface area contributed by atoms with E-state index in [4.69, 9.17) is 9.47 Å². The maximum absolute atomic E-state index is 5.78. The topological polar surface area (TPSA) is 58.1 Å². The number of ether oxygens (including phenoxy) is 2. The highest BCUT2D eigenvalue weighted by molar-refractivity contribution is 14.0. The third kappa shape index (κ3) is 8.55. The first-order chi connectivity index (χ1) is 12.2. The Balaban J connectivity index is 0.00000338. The summed E-state index contributed by atoms with van der Waals surface area (Å²) >= 11 is 0. The second kappa shape index (κ2) is 13.2. The molecular formula is C19H33IN4O2. The summed E-state index contributed by atoms with van der Waals surface area (Å²) in [4.78, 5) is 6.78. The molecule has 148 valence electrons. The lowest BCUT2D eigenvalue weighted by atomic mass is 10.2. The van der Waals surface area contributed by atoms with E-state index in [1.54, 1.807) is 0 Å². The first-order valence-electron chi connectivity index (χ1n) is 9.17. The summed E-state index contributed by atoms with van der Waals surface area (Å²) in [5.41, 5.74) is 2.40. The van der Waals surface area contributed by atoms with E-state index in [0.717, 1.165) is 51.7 Å². The summed E-state index contributed by atoms with van der Waals surface area (Å²) in [7, 11) is 4.10. The van der Waals surface area contributed by atoms with Crippen LogP contribution in [0.3, 0.4) is 0 Å². The minimum atomic E-state index is 0. The number of hydrogen-bond acceptors (Lipinski definition) is 4. The highest BCUT2D eigenvalue weighted by Crippen LogP contribution is 2.14. The van der Waals surface area contributed by atoms with Gasteiger partial charge in [-0.1, -0.05) is 12.1 Å². The van der Waals surface area contributed by atoms with Crippen molar-refractivity contribution in [1.82, 2.24) is 10.6 Å². The Hall–Kier alpha value is -1.06. The van der Waals surface area contributed by atoms with Crippen molar-refractivity contribution in [2.24, 2.45) is 4.99 Å². The molecule has 1 aliphatic rings. The lowest BCUT2D eigenvalue weighted by Crippen LogP contribution is -2.38. The van der Waals surface area contributed by atoms with E-state index in [1.165, 1.54) is 11.3 Å². The van der Waals surface area contributed by atoms with Gasteiger partial charge in [-0.3, -0.25) is 0 Å². The zero-order valence-electron chi connectivity index (χ0n) is 16.2. The largest absolute Gasteiger partial charge is 0.379 e. The molecule has 26 heavy (non-hydrogen) atoms. The standard InChI is InChI=1S/C19H32N4O2.HI/c1-4-20-19(21-10-6-11-25-18-9-12-24-15-18)22-14-16-7-5-8-17(13-16)23(2)3;/h5,7-8,13,18H,4,6,9-12,14-15H2,1-3H3,(H2,20,21,22);1H. The molecule has 6 nitrogen and oxygen atoms in total. The highest BCUT2D eigenvalue weighted by Gasteiger charge is 2.15. The van der Waals surface area contributed by atoms with Gasteiger partial charge < -0.3 is 25.0 Å². The molecule has 1 atom stereocenters. The van der Waals surface area contributed by atoms with Gasteiger partial charge in [-0.15, -0.1) is 24.0 Å². The van der Waals surface area contributed by atoms with Crippen LogP contribution in [0, 0.1) is 0 Å². The molecule has 2 N–H and O–H groups in total. The fraction of sp³-hybridized carbons (Fsp3) is 0.632. The lowest BCUT2D eigenvalue weighted by Gasteiger charge is -2.14. The number of benzene rings is 1. The smallest absolute Gasteiger partial charge is 0.191 e. The molecule has 1 heterocycles. The van der Waals surface area contributed by atoms with Crippen LogP contribution in [0.25, 0.3) is 0 Å². The molecule has 0 aromatic heterocycles. The van der Waals surface area contributed by atoms with Gasteiger partial charge in [-0.05, 0) is 37.5 Å². The van der Waals surface area contributed by atoms with Crippen molar-refractivity contribution in [3.63, 3.8) is 0 Å². The second-order valence-electron chi connectivity index (χ2n) is 6.40. The number of rotatable bonds is 9. The average molecular weight is 476 g/mol. The van der Waals surface area contributed by atoms with Gasteiger partial charge in [-0.2, -0.15) is 0 Å². The number of nitrogens with zero attached hydrogens (tertiary/aromatic N) is 2. The zero-order valence-corrected chi connectivity index (χ0v) is 18.5. The molecule has 0 saturated carbocycles. The van der Waals surface area contributed by atoms with Crippen LogP contribution in [0.2, 0.25) is 0 Å². The second-order valence-corrected chi connectivity index (χ2v) is 6.40. The third-order valence-corrected chi connectivity index (χ3v) is 4.05. The van der Waals surface area contributed by atoms with Crippen LogP contribution < -0.4 is 15.5 Å². The van der Waals surface area contributed by atoms with Crippen molar-refractivity contribution < 1.29 is 9.47 Å². The van der Waals surface area contributed by atoms with Gasteiger partial charge in [0, 0.05) is 46.1 Å². The monoisotopic (exact) mass is 476 g/mol. The van der Waals surface area contributed by atoms with Crippen molar-refractivity contribution in [3.8, 4) is 0 Å². The Morgan fingerprint density at radius 1 is 1.35 bits per heavy atom. The quantitative estimate of drug-likeness (QED) is 0.249. The third-order valence-electron chi connectivity index (χ3n) is 4.05. The summed E-state index contributed by atoms with van der Waals surface area (Å²) in [6.45, 7) is 6.75. The Morgan fingerprint density at radius 2 is 2.19 bits per heavy atom. The molecule has 0 amide bonds. The predicted molar refractivity (Wildman–Crippen MR) is 119 cm³/mol. The van der Waals surface area contributed by atoms with Crippen molar-refractivity contribution in [2.75, 3.05) is 51.9 Å². The number of halogens is 1. The van der Waals surface area contributed by atoms with Crippen molar-refractivity contribution in [2.45, 2.75) is 32.4 Å². The summed E-state index contributed by atoms with van der Waals surface area (Å²) in [5.74, 6) is 0.849. The van der Waals surface area contributed by atoms with Gasteiger partial charge >= 0.3 is 0 Å². The van der Waals surface area contributed by atoms with Crippen LogP contribution in [0.5, 0.6) is 0 Å². The summed E-state index contributed by atoms with van der Waals surface area (Å²) in [5, 5.41) is 6.66. The first-order valence-corrected chi connectivity index (χ1v) is 9.17. The van der Waals surface area contributed by atoms with E-state index < -0.39 is 0 Å².